The Bertz CT molecular complexity index is 1330. The molecule has 0 bridgehead atoms. The Hall–Kier alpha value is -3.46. The number of fused-ring (bicyclic) bond motifs is 1. The summed E-state index contributed by atoms with van der Waals surface area (Å²) in [5, 5.41) is 11.1. The lowest BCUT2D eigenvalue weighted by atomic mass is 9.92. The number of piperidine rings is 1. The van der Waals surface area contributed by atoms with Crippen molar-refractivity contribution in [2.75, 3.05) is 6.26 Å². The Labute approximate surface area is 187 Å². The van der Waals surface area contributed by atoms with Crippen molar-refractivity contribution in [3.63, 3.8) is 0 Å². The first-order chi connectivity index (χ1) is 15.5. The zero-order valence-electron chi connectivity index (χ0n) is 17.2. The summed E-state index contributed by atoms with van der Waals surface area (Å²) in [5.74, 6) is -1.85. The minimum atomic E-state index is -0.639. The standard InChI is InChI=1S/C23H19FN4O3S/c1-32-15-4-2-13(3-5-15)11-28-12-14(10-25-28)17-9-20-18(8-19(17)24)22(27-31-20)16-6-7-21(29)26-23(16)30/h2-5,8-10,12,16H,6-7,11H2,1H3,(H,26,29,30). The van der Waals surface area contributed by atoms with Crippen LogP contribution in [0.2, 0.25) is 0 Å². The van der Waals surface area contributed by atoms with E-state index in [-0.39, 0.29) is 12.3 Å². The minimum Gasteiger partial charge on any atom is -0.356 e. The Morgan fingerprint density at radius 3 is 2.81 bits per heavy atom. The second-order valence-electron chi connectivity index (χ2n) is 7.67. The first kappa shape index (κ1) is 20.4. The number of rotatable bonds is 5. The van der Waals surface area contributed by atoms with Crippen LogP contribution in [0.1, 0.15) is 30.0 Å². The summed E-state index contributed by atoms with van der Waals surface area (Å²) in [4.78, 5) is 24.8. The van der Waals surface area contributed by atoms with Crippen molar-refractivity contribution in [1.82, 2.24) is 20.3 Å². The van der Waals surface area contributed by atoms with Crippen LogP contribution in [0, 0.1) is 5.82 Å². The number of nitrogens with zero attached hydrogens (tertiary/aromatic N) is 3. The summed E-state index contributed by atoms with van der Waals surface area (Å²) in [5.41, 5.74) is 2.77. The predicted octanol–water partition coefficient (Wildman–Crippen LogP) is 4.12. The van der Waals surface area contributed by atoms with Gasteiger partial charge in [0.05, 0.1) is 18.7 Å². The average Bonchev–Trinajstić information content (AvgIpc) is 3.41. The molecule has 1 aliphatic heterocycles. The van der Waals surface area contributed by atoms with Gasteiger partial charge in [-0.05, 0) is 42.5 Å². The third-order valence-corrected chi connectivity index (χ3v) is 6.35. The lowest BCUT2D eigenvalue weighted by Gasteiger charge is -2.18. The van der Waals surface area contributed by atoms with Gasteiger partial charge >= 0.3 is 0 Å². The molecule has 1 unspecified atom stereocenters. The number of nitrogens with one attached hydrogen (secondary N) is 1. The van der Waals surface area contributed by atoms with Gasteiger partial charge in [0.1, 0.15) is 11.5 Å². The molecule has 0 saturated carbocycles. The summed E-state index contributed by atoms with van der Waals surface area (Å²) < 4.78 is 22.2. The fourth-order valence-electron chi connectivity index (χ4n) is 3.91. The Balaban J connectivity index is 1.42. The van der Waals surface area contributed by atoms with Gasteiger partial charge < -0.3 is 4.52 Å². The number of hydrogen-bond donors (Lipinski definition) is 1. The van der Waals surface area contributed by atoms with E-state index in [4.69, 9.17) is 4.52 Å². The number of carbonyl (C=O) groups excluding carboxylic acids is 2. The first-order valence-electron chi connectivity index (χ1n) is 10.1. The summed E-state index contributed by atoms with van der Waals surface area (Å²) in [6.07, 6.45) is 5.95. The summed E-state index contributed by atoms with van der Waals surface area (Å²) in [7, 11) is 0. The van der Waals surface area contributed by atoms with Gasteiger partial charge in [-0.25, -0.2) is 4.39 Å². The molecule has 1 fully saturated rings. The molecule has 2 aromatic carbocycles. The zero-order valence-corrected chi connectivity index (χ0v) is 18.0. The molecule has 0 radical (unpaired) electrons. The Morgan fingerprint density at radius 2 is 2.06 bits per heavy atom. The average molecular weight is 450 g/mol. The van der Waals surface area contributed by atoms with Crippen molar-refractivity contribution in [3.05, 3.63) is 65.9 Å². The Morgan fingerprint density at radius 1 is 1.25 bits per heavy atom. The van der Waals surface area contributed by atoms with E-state index in [0.717, 1.165) is 5.56 Å². The molecule has 32 heavy (non-hydrogen) atoms. The molecule has 0 aliphatic carbocycles. The van der Waals surface area contributed by atoms with E-state index >= 15 is 4.39 Å². The molecule has 7 nitrogen and oxygen atoms in total. The normalized spacial score (nSPS) is 16.5. The molecule has 9 heteroatoms. The number of aromatic nitrogens is 3. The van der Waals surface area contributed by atoms with Gasteiger partial charge in [-0.15, -0.1) is 11.8 Å². The van der Waals surface area contributed by atoms with E-state index in [9.17, 15) is 9.59 Å². The molecular weight excluding hydrogens is 431 g/mol. The van der Waals surface area contributed by atoms with Crippen molar-refractivity contribution in [2.24, 2.45) is 0 Å². The van der Waals surface area contributed by atoms with E-state index < -0.39 is 17.6 Å². The fourth-order valence-corrected chi connectivity index (χ4v) is 4.32. The lowest BCUT2D eigenvalue weighted by Crippen LogP contribution is -2.39. The molecule has 1 saturated heterocycles. The second kappa shape index (κ2) is 8.23. The van der Waals surface area contributed by atoms with Gasteiger partial charge in [-0.2, -0.15) is 5.10 Å². The van der Waals surface area contributed by atoms with Gasteiger partial charge in [-0.1, -0.05) is 17.3 Å². The SMILES string of the molecule is CSc1ccc(Cn2cc(-c3cc4onc(C5CCC(=O)NC5=O)c4cc3F)cn2)cc1. The highest BCUT2D eigenvalue weighted by Crippen LogP contribution is 2.34. The number of amides is 2. The van der Waals surface area contributed by atoms with Crippen LogP contribution in [0.3, 0.4) is 0 Å². The molecule has 4 aromatic rings. The number of thioether (sulfide) groups is 1. The molecule has 3 heterocycles. The van der Waals surface area contributed by atoms with E-state index in [0.29, 0.717) is 40.8 Å². The maximum atomic E-state index is 15.0. The van der Waals surface area contributed by atoms with Crippen LogP contribution in [0.25, 0.3) is 22.1 Å². The smallest absolute Gasteiger partial charge is 0.235 e. The lowest BCUT2D eigenvalue weighted by molar-refractivity contribution is -0.134. The maximum Gasteiger partial charge on any atom is 0.235 e. The number of hydrogen-bond acceptors (Lipinski definition) is 6. The minimum absolute atomic E-state index is 0.213. The number of carbonyl (C=O) groups is 2. The van der Waals surface area contributed by atoms with Crippen molar-refractivity contribution in [1.29, 1.82) is 0 Å². The van der Waals surface area contributed by atoms with Gasteiger partial charge in [0.15, 0.2) is 5.58 Å². The predicted molar refractivity (Wildman–Crippen MR) is 118 cm³/mol. The third-order valence-electron chi connectivity index (χ3n) is 5.60. The largest absolute Gasteiger partial charge is 0.356 e. The highest BCUT2D eigenvalue weighted by Gasteiger charge is 2.32. The van der Waals surface area contributed by atoms with Crippen LogP contribution in [-0.4, -0.2) is 33.0 Å². The van der Waals surface area contributed by atoms with Crippen LogP contribution in [0.5, 0.6) is 0 Å². The van der Waals surface area contributed by atoms with Gasteiger partial charge in [0.25, 0.3) is 0 Å². The van der Waals surface area contributed by atoms with Crippen LogP contribution >= 0.6 is 11.8 Å². The van der Waals surface area contributed by atoms with Crippen LogP contribution in [0.15, 0.2) is 58.2 Å². The van der Waals surface area contributed by atoms with E-state index in [1.807, 2.05) is 18.4 Å². The van der Waals surface area contributed by atoms with E-state index in [1.54, 1.807) is 34.9 Å². The third kappa shape index (κ3) is 3.80. The highest BCUT2D eigenvalue weighted by atomic mass is 32.2. The molecule has 1 aliphatic rings. The molecule has 5 rings (SSSR count). The van der Waals surface area contributed by atoms with Crippen molar-refractivity contribution in [3.8, 4) is 11.1 Å². The van der Waals surface area contributed by atoms with Crippen LogP contribution < -0.4 is 5.32 Å². The topological polar surface area (TPSA) is 90.0 Å². The summed E-state index contributed by atoms with van der Waals surface area (Å²) in [6, 6.07) is 11.1. The van der Waals surface area contributed by atoms with Crippen LogP contribution in [0.4, 0.5) is 4.39 Å². The fraction of sp³-hybridized carbons (Fsp3) is 0.217. The number of halogens is 1. The van der Waals surface area contributed by atoms with Gasteiger partial charge in [-0.3, -0.25) is 19.6 Å². The van der Waals surface area contributed by atoms with Crippen molar-refractivity contribution in [2.45, 2.75) is 30.2 Å². The van der Waals surface area contributed by atoms with Gasteiger partial charge in [0, 0.05) is 34.0 Å². The number of benzene rings is 2. The molecule has 1 atom stereocenters. The molecular formula is C23H19FN4O3S. The molecule has 162 valence electrons. The Kier molecular flexibility index (Phi) is 5.26. The second-order valence-corrected chi connectivity index (χ2v) is 8.55. The first-order valence-corrected chi connectivity index (χ1v) is 11.3. The van der Waals surface area contributed by atoms with E-state index in [2.05, 4.69) is 27.7 Å². The van der Waals surface area contributed by atoms with Crippen molar-refractivity contribution < 1.29 is 18.5 Å². The molecule has 0 spiro atoms. The van der Waals surface area contributed by atoms with Crippen molar-refractivity contribution >= 4 is 34.5 Å². The zero-order chi connectivity index (χ0) is 22.2. The quantitative estimate of drug-likeness (QED) is 0.363. The monoisotopic (exact) mass is 450 g/mol. The van der Waals surface area contributed by atoms with Gasteiger partial charge in [0.2, 0.25) is 11.8 Å². The molecule has 2 amide bonds. The van der Waals surface area contributed by atoms with Crippen LogP contribution in [-0.2, 0) is 16.1 Å². The summed E-state index contributed by atoms with van der Waals surface area (Å²) >= 11 is 1.68. The van der Waals surface area contributed by atoms with E-state index in [1.165, 1.54) is 11.0 Å². The number of imide groups is 1. The molecule has 1 N–H and O–H groups in total. The maximum absolute atomic E-state index is 15.0. The molecule has 2 aromatic heterocycles. The highest BCUT2D eigenvalue weighted by molar-refractivity contribution is 7.98. The summed E-state index contributed by atoms with van der Waals surface area (Å²) in [6.45, 7) is 0.570.